The van der Waals surface area contributed by atoms with E-state index in [9.17, 15) is 0 Å². The molecule has 4 heteroatoms. The van der Waals surface area contributed by atoms with Crippen molar-refractivity contribution in [3.05, 3.63) is 70.2 Å². The summed E-state index contributed by atoms with van der Waals surface area (Å²) in [7, 11) is 0. The van der Waals surface area contributed by atoms with Crippen LogP contribution < -0.4 is 9.64 Å². The molecule has 3 aromatic rings. The Bertz CT molecular complexity index is 863. The SMILES string of the molecule is Clc1ccc(N2COc3ccc4ccccc4c3C2)c(Cl)c1. The highest BCUT2D eigenvalue weighted by molar-refractivity contribution is 6.36. The molecule has 0 N–H and O–H groups in total. The summed E-state index contributed by atoms with van der Waals surface area (Å²) in [6.07, 6.45) is 0. The molecule has 110 valence electrons. The predicted molar refractivity (Wildman–Crippen MR) is 92.1 cm³/mol. The highest BCUT2D eigenvalue weighted by Gasteiger charge is 2.21. The number of fused-ring (bicyclic) bond motifs is 3. The Balaban J connectivity index is 1.78. The molecule has 2 nitrogen and oxygen atoms in total. The van der Waals surface area contributed by atoms with Crippen molar-refractivity contribution < 1.29 is 4.74 Å². The van der Waals surface area contributed by atoms with Crippen LogP contribution in [0.2, 0.25) is 10.0 Å². The molecular weight excluding hydrogens is 317 g/mol. The Morgan fingerprint density at radius 1 is 0.955 bits per heavy atom. The van der Waals surface area contributed by atoms with E-state index in [1.807, 2.05) is 24.3 Å². The first kappa shape index (κ1) is 13.7. The van der Waals surface area contributed by atoms with E-state index in [-0.39, 0.29) is 0 Å². The molecule has 0 amide bonds. The van der Waals surface area contributed by atoms with Crippen molar-refractivity contribution in [3.8, 4) is 5.75 Å². The molecule has 1 heterocycles. The fourth-order valence-corrected chi connectivity index (χ4v) is 3.42. The van der Waals surface area contributed by atoms with Crippen molar-refractivity contribution in [2.45, 2.75) is 6.54 Å². The van der Waals surface area contributed by atoms with Gasteiger partial charge in [-0.3, -0.25) is 0 Å². The topological polar surface area (TPSA) is 12.5 Å². The monoisotopic (exact) mass is 329 g/mol. The van der Waals surface area contributed by atoms with Gasteiger partial charge in [-0.2, -0.15) is 0 Å². The van der Waals surface area contributed by atoms with Crippen molar-refractivity contribution in [2.24, 2.45) is 0 Å². The van der Waals surface area contributed by atoms with E-state index >= 15 is 0 Å². The summed E-state index contributed by atoms with van der Waals surface area (Å²) >= 11 is 12.3. The molecule has 1 aliphatic heterocycles. The van der Waals surface area contributed by atoms with Crippen LogP contribution in [0, 0.1) is 0 Å². The van der Waals surface area contributed by atoms with Crippen LogP contribution in [0.3, 0.4) is 0 Å². The Hall–Kier alpha value is -1.90. The molecule has 0 atom stereocenters. The lowest BCUT2D eigenvalue weighted by molar-refractivity contribution is 0.290. The largest absolute Gasteiger partial charge is 0.473 e. The van der Waals surface area contributed by atoms with E-state index in [2.05, 4.69) is 29.2 Å². The third-order valence-corrected chi connectivity index (χ3v) is 4.51. The van der Waals surface area contributed by atoms with Gasteiger partial charge >= 0.3 is 0 Å². The van der Waals surface area contributed by atoms with E-state index in [1.165, 1.54) is 16.3 Å². The lowest BCUT2D eigenvalue weighted by Gasteiger charge is -2.32. The number of nitrogens with zero attached hydrogens (tertiary/aromatic N) is 1. The molecule has 1 aliphatic rings. The van der Waals surface area contributed by atoms with Gasteiger partial charge in [-0.25, -0.2) is 0 Å². The quantitative estimate of drug-likeness (QED) is 0.584. The summed E-state index contributed by atoms with van der Waals surface area (Å²) < 4.78 is 5.92. The van der Waals surface area contributed by atoms with Crippen molar-refractivity contribution in [3.63, 3.8) is 0 Å². The van der Waals surface area contributed by atoms with Gasteiger partial charge in [0.05, 0.1) is 17.3 Å². The number of hydrogen-bond donors (Lipinski definition) is 0. The normalized spacial score (nSPS) is 13.8. The van der Waals surface area contributed by atoms with E-state index < -0.39 is 0 Å². The average molecular weight is 330 g/mol. The van der Waals surface area contributed by atoms with Crippen LogP contribution in [0.1, 0.15) is 5.56 Å². The van der Waals surface area contributed by atoms with E-state index in [4.69, 9.17) is 27.9 Å². The first-order valence-corrected chi connectivity index (χ1v) is 7.81. The molecule has 0 spiro atoms. The maximum atomic E-state index is 6.33. The minimum absolute atomic E-state index is 0.479. The number of benzene rings is 3. The van der Waals surface area contributed by atoms with Crippen LogP contribution in [-0.4, -0.2) is 6.73 Å². The van der Waals surface area contributed by atoms with Crippen LogP contribution in [0.4, 0.5) is 5.69 Å². The fraction of sp³-hybridized carbons (Fsp3) is 0.111. The Kier molecular flexibility index (Phi) is 3.36. The van der Waals surface area contributed by atoms with Crippen LogP contribution in [0.15, 0.2) is 54.6 Å². The van der Waals surface area contributed by atoms with Crippen molar-refractivity contribution in [1.82, 2.24) is 0 Å². The van der Waals surface area contributed by atoms with E-state index in [1.54, 1.807) is 6.07 Å². The lowest BCUT2D eigenvalue weighted by Crippen LogP contribution is -2.32. The summed E-state index contributed by atoms with van der Waals surface area (Å²) in [5.74, 6) is 0.944. The van der Waals surface area contributed by atoms with Crippen LogP contribution in [0.5, 0.6) is 5.75 Å². The molecule has 4 rings (SSSR count). The molecule has 3 aromatic carbocycles. The van der Waals surface area contributed by atoms with Crippen molar-refractivity contribution in [2.75, 3.05) is 11.6 Å². The highest BCUT2D eigenvalue weighted by atomic mass is 35.5. The van der Waals surface area contributed by atoms with Gasteiger partial charge in [-0.05, 0) is 35.0 Å². The van der Waals surface area contributed by atoms with Gasteiger partial charge in [-0.1, -0.05) is 53.5 Å². The number of anilines is 1. The van der Waals surface area contributed by atoms with Crippen molar-refractivity contribution >= 4 is 39.7 Å². The Morgan fingerprint density at radius 2 is 1.82 bits per heavy atom. The molecular formula is C18H13Cl2NO. The lowest BCUT2D eigenvalue weighted by atomic mass is 10.0. The molecule has 0 unspecified atom stereocenters. The minimum Gasteiger partial charge on any atom is -0.473 e. The molecule has 22 heavy (non-hydrogen) atoms. The molecule has 0 bridgehead atoms. The maximum Gasteiger partial charge on any atom is 0.161 e. The Morgan fingerprint density at radius 3 is 2.68 bits per heavy atom. The second kappa shape index (κ2) is 5.38. The maximum absolute atomic E-state index is 6.33. The standard InChI is InChI=1S/C18H13Cl2NO/c19-13-6-7-17(16(20)9-13)21-10-15-14-4-2-1-3-12(14)5-8-18(15)22-11-21/h1-9H,10-11H2. The van der Waals surface area contributed by atoms with Gasteiger partial charge < -0.3 is 9.64 Å². The number of halogens is 2. The molecule has 0 radical (unpaired) electrons. The third-order valence-electron chi connectivity index (χ3n) is 3.97. The number of rotatable bonds is 1. The summed E-state index contributed by atoms with van der Waals surface area (Å²) in [5.41, 5.74) is 2.13. The van der Waals surface area contributed by atoms with E-state index in [0.717, 1.165) is 18.0 Å². The van der Waals surface area contributed by atoms with Gasteiger partial charge in [0.1, 0.15) is 5.75 Å². The summed E-state index contributed by atoms with van der Waals surface area (Å²) in [5, 5.41) is 3.71. The smallest absolute Gasteiger partial charge is 0.161 e. The number of ether oxygens (including phenoxy) is 1. The van der Waals surface area contributed by atoms with Gasteiger partial charge in [0.15, 0.2) is 6.73 Å². The van der Waals surface area contributed by atoms with Gasteiger partial charge in [-0.15, -0.1) is 0 Å². The molecule has 0 aromatic heterocycles. The molecule has 0 fully saturated rings. The van der Waals surface area contributed by atoms with Crippen molar-refractivity contribution in [1.29, 1.82) is 0 Å². The summed E-state index contributed by atoms with van der Waals surface area (Å²) in [4.78, 5) is 2.12. The zero-order valence-corrected chi connectivity index (χ0v) is 13.2. The second-order valence-corrected chi connectivity index (χ2v) is 6.17. The fourth-order valence-electron chi connectivity index (χ4n) is 2.89. The molecule has 0 saturated carbocycles. The van der Waals surface area contributed by atoms with Crippen LogP contribution >= 0.6 is 23.2 Å². The van der Waals surface area contributed by atoms with E-state index in [0.29, 0.717) is 16.8 Å². The number of hydrogen-bond acceptors (Lipinski definition) is 2. The first-order valence-electron chi connectivity index (χ1n) is 7.06. The Labute approximate surface area is 138 Å². The summed E-state index contributed by atoms with van der Waals surface area (Å²) in [6.45, 7) is 1.24. The third kappa shape index (κ3) is 2.29. The highest BCUT2D eigenvalue weighted by Crippen LogP contribution is 2.36. The van der Waals surface area contributed by atoms with Gasteiger partial charge in [0, 0.05) is 10.6 Å². The zero-order chi connectivity index (χ0) is 15.1. The predicted octanol–water partition coefficient (Wildman–Crippen LogP) is 5.50. The van der Waals surface area contributed by atoms with Crippen LogP contribution in [-0.2, 0) is 6.54 Å². The van der Waals surface area contributed by atoms with Gasteiger partial charge in [0.25, 0.3) is 0 Å². The zero-order valence-electron chi connectivity index (χ0n) is 11.7. The average Bonchev–Trinajstić information content (AvgIpc) is 2.54. The summed E-state index contributed by atoms with van der Waals surface area (Å²) in [6, 6.07) is 18.0. The molecule has 0 aliphatic carbocycles. The molecule has 0 saturated heterocycles. The van der Waals surface area contributed by atoms with Crippen LogP contribution in [0.25, 0.3) is 10.8 Å². The van der Waals surface area contributed by atoms with Gasteiger partial charge in [0.2, 0.25) is 0 Å². The second-order valence-electron chi connectivity index (χ2n) is 5.33. The minimum atomic E-state index is 0.479. The first-order chi connectivity index (χ1) is 10.7.